The van der Waals surface area contributed by atoms with Gasteiger partial charge in [0.2, 0.25) is 0 Å². The summed E-state index contributed by atoms with van der Waals surface area (Å²) in [5.74, 6) is 0.243. The van der Waals surface area contributed by atoms with Crippen molar-refractivity contribution in [2.45, 2.75) is 26.4 Å². The molecule has 0 bridgehead atoms. The lowest BCUT2D eigenvalue weighted by molar-refractivity contribution is -0.384. The lowest BCUT2D eigenvalue weighted by atomic mass is 10.1. The van der Waals surface area contributed by atoms with Crippen LogP contribution >= 0.6 is 0 Å². The molecule has 0 fully saturated rings. The predicted octanol–water partition coefficient (Wildman–Crippen LogP) is 3.60. The quantitative estimate of drug-likeness (QED) is 0.431. The van der Waals surface area contributed by atoms with Gasteiger partial charge in [0.25, 0.3) is 11.6 Å². The highest BCUT2D eigenvalue weighted by atomic mass is 16.6. The van der Waals surface area contributed by atoms with Gasteiger partial charge in [0.15, 0.2) is 11.9 Å². The van der Waals surface area contributed by atoms with Gasteiger partial charge in [-0.15, -0.1) is 0 Å². The Bertz CT molecular complexity index is 848. The Morgan fingerprint density at radius 2 is 1.85 bits per heavy atom. The van der Waals surface area contributed by atoms with Crippen molar-refractivity contribution in [2.75, 3.05) is 12.4 Å². The van der Waals surface area contributed by atoms with Crippen molar-refractivity contribution >= 4 is 23.1 Å². The number of anilines is 1. The molecule has 0 saturated heterocycles. The zero-order chi connectivity index (χ0) is 20.0. The SMILES string of the molecule is CCC(=O)c1ccc(O[C@H](C)C(=O)Nc2cc([N+](=O)[O-])ccc2OC)cc1. The molecule has 142 valence electrons. The van der Waals surface area contributed by atoms with Gasteiger partial charge in [0.1, 0.15) is 11.5 Å². The number of nitro benzene ring substituents is 1. The lowest BCUT2D eigenvalue weighted by Crippen LogP contribution is -2.30. The number of non-ortho nitro benzene ring substituents is 1. The zero-order valence-electron chi connectivity index (χ0n) is 15.2. The molecule has 0 aliphatic heterocycles. The highest BCUT2D eigenvalue weighted by Crippen LogP contribution is 2.29. The van der Waals surface area contributed by atoms with Crippen LogP contribution < -0.4 is 14.8 Å². The first-order valence-corrected chi connectivity index (χ1v) is 8.29. The first-order valence-electron chi connectivity index (χ1n) is 8.29. The van der Waals surface area contributed by atoms with Crippen LogP contribution in [-0.2, 0) is 4.79 Å². The summed E-state index contributed by atoms with van der Waals surface area (Å²) < 4.78 is 10.7. The Morgan fingerprint density at radius 3 is 2.41 bits per heavy atom. The number of rotatable bonds is 8. The van der Waals surface area contributed by atoms with E-state index in [-0.39, 0.29) is 17.2 Å². The van der Waals surface area contributed by atoms with E-state index >= 15 is 0 Å². The number of Topliss-reactive ketones (excluding diaryl/α,β-unsaturated/α-hetero) is 1. The first kappa shape index (κ1) is 19.9. The number of carbonyl (C=O) groups is 2. The van der Waals surface area contributed by atoms with Crippen LogP contribution in [-0.4, -0.2) is 29.8 Å². The Hall–Kier alpha value is -3.42. The van der Waals surface area contributed by atoms with Crippen molar-refractivity contribution in [3.8, 4) is 11.5 Å². The van der Waals surface area contributed by atoms with Crippen LogP contribution in [0.15, 0.2) is 42.5 Å². The number of amides is 1. The van der Waals surface area contributed by atoms with Crippen molar-refractivity contribution in [1.82, 2.24) is 0 Å². The number of ketones is 1. The Balaban J connectivity index is 2.08. The van der Waals surface area contributed by atoms with E-state index in [0.29, 0.717) is 23.5 Å². The van der Waals surface area contributed by atoms with Crippen molar-refractivity contribution in [3.05, 3.63) is 58.1 Å². The van der Waals surface area contributed by atoms with Crippen LogP contribution in [0.25, 0.3) is 0 Å². The Labute approximate surface area is 156 Å². The maximum Gasteiger partial charge on any atom is 0.271 e. The fraction of sp³-hybridized carbons (Fsp3) is 0.263. The van der Waals surface area contributed by atoms with Crippen LogP contribution in [0.4, 0.5) is 11.4 Å². The van der Waals surface area contributed by atoms with E-state index in [4.69, 9.17) is 9.47 Å². The van der Waals surface area contributed by atoms with Gasteiger partial charge in [-0.1, -0.05) is 6.92 Å². The average Bonchev–Trinajstić information content (AvgIpc) is 2.67. The number of methoxy groups -OCH3 is 1. The summed E-state index contributed by atoms with van der Waals surface area (Å²) in [6, 6.07) is 10.4. The molecule has 8 nitrogen and oxygen atoms in total. The van der Waals surface area contributed by atoms with Crippen LogP contribution in [0.5, 0.6) is 11.5 Å². The first-order chi connectivity index (χ1) is 12.8. The van der Waals surface area contributed by atoms with Gasteiger partial charge in [-0.2, -0.15) is 0 Å². The number of nitrogens with zero attached hydrogens (tertiary/aromatic N) is 1. The molecule has 2 aromatic carbocycles. The van der Waals surface area contributed by atoms with E-state index in [1.807, 2.05) is 0 Å². The molecule has 1 amide bonds. The fourth-order valence-corrected chi connectivity index (χ4v) is 2.32. The highest BCUT2D eigenvalue weighted by molar-refractivity contribution is 5.96. The number of benzene rings is 2. The molecule has 1 N–H and O–H groups in total. The minimum Gasteiger partial charge on any atom is -0.495 e. The van der Waals surface area contributed by atoms with E-state index in [0.717, 1.165) is 0 Å². The summed E-state index contributed by atoms with van der Waals surface area (Å²) >= 11 is 0. The smallest absolute Gasteiger partial charge is 0.271 e. The van der Waals surface area contributed by atoms with Gasteiger partial charge in [0, 0.05) is 24.1 Å². The minimum atomic E-state index is -0.873. The van der Waals surface area contributed by atoms with Crippen molar-refractivity contribution in [2.24, 2.45) is 0 Å². The molecule has 0 saturated carbocycles. The molecule has 0 aliphatic rings. The van der Waals surface area contributed by atoms with Crippen molar-refractivity contribution in [1.29, 1.82) is 0 Å². The normalized spacial score (nSPS) is 11.4. The van der Waals surface area contributed by atoms with Crippen molar-refractivity contribution < 1.29 is 24.0 Å². The second-order valence-electron chi connectivity index (χ2n) is 5.69. The highest BCUT2D eigenvalue weighted by Gasteiger charge is 2.19. The average molecular weight is 372 g/mol. The number of nitro groups is 1. The topological polar surface area (TPSA) is 108 Å². The summed E-state index contributed by atoms with van der Waals surface area (Å²) in [4.78, 5) is 34.4. The standard InChI is InChI=1S/C19H20N2O6/c1-4-17(22)13-5-8-15(9-6-13)27-12(2)19(23)20-16-11-14(21(24)25)7-10-18(16)26-3/h5-12H,4H2,1-3H3,(H,20,23)/t12-/m1/s1. The molecule has 27 heavy (non-hydrogen) atoms. The molecule has 0 aromatic heterocycles. The molecule has 1 atom stereocenters. The number of nitrogens with one attached hydrogen (secondary N) is 1. The van der Waals surface area contributed by atoms with Crippen LogP contribution in [0.2, 0.25) is 0 Å². The molecule has 2 rings (SSSR count). The third-order valence-electron chi connectivity index (χ3n) is 3.83. The van der Waals surface area contributed by atoms with Crippen LogP contribution in [0, 0.1) is 10.1 Å². The summed E-state index contributed by atoms with van der Waals surface area (Å²) in [7, 11) is 1.40. The van der Waals surface area contributed by atoms with Gasteiger partial charge < -0.3 is 14.8 Å². The summed E-state index contributed by atoms with van der Waals surface area (Å²) in [6.07, 6.45) is -0.467. The van der Waals surface area contributed by atoms with Gasteiger partial charge in [-0.25, -0.2) is 0 Å². The molecule has 2 aromatic rings. The molecular formula is C19H20N2O6. The van der Waals surface area contributed by atoms with Crippen molar-refractivity contribution in [3.63, 3.8) is 0 Å². The minimum absolute atomic E-state index is 0.0186. The molecule has 0 aliphatic carbocycles. The van der Waals surface area contributed by atoms with E-state index in [9.17, 15) is 19.7 Å². The number of ether oxygens (including phenoxy) is 2. The molecular weight excluding hydrogens is 352 g/mol. The predicted molar refractivity (Wildman–Crippen MR) is 99.4 cm³/mol. The third kappa shape index (κ3) is 5.04. The molecule has 0 radical (unpaired) electrons. The fourth-order valence-electron chi connectivity index (χ4n) is 2.32. The summed E-state index contributed by atoms with van der Waals surface area (Å²) in [5.41, 5.74) is 0.579. The molecule has 0 heterocycles. The Morgan fingerprint density at radius 1 is 1.19 bits per heavy atom. The summed E-state index contributed by atoms with van der Waals surface area (Å²) in [5, 5.41) is 13.5. The third-order valence-corrected chi connectivity index (χ3v) is 3.83. The van der Waals surface area contributed by atoms with Gasteiger partial charge in [-0.3, -0.25) is 19.7 Å². The van der Waals surface area contributed by atoms with E-state index in [1.165, 1.54) is 25.3 Å². The number of hydrogen-bond donors (Lipinski definition) is 1. The largest absolute Gasteiger partial charge is 0.495 e. The Kier molecular flexibility index (Phi) is 6.48. The van der Waals surface area contributed by atoms with E-state index < -0.39 is 16.9 Å². The van der Waals surface area contributed by atoms with Crippen LogP contribution in [0.1, 0.15) is 30.6 Å². The number of hydrogen-bond acceptors (Lipinski definition) is 6. The van der Waals surface area contributed by atoms with Gasteiger partial charge >= 0.3 is 0 Å². The zero-order valence-corrected chi connectivity index (χ0v) is 15.2. The molecule has 8 heteroatoms. The van der Waals surface area contributed by atoms with Gasteiger partial charge in [0.05, 0.1) is 17.7 Å². The summed E-state index contributed by atoms with van der Waals surface area (Å²) in [6.45, 7) is 3.33. The van der Waals surface area contributed by atoms with E-state index in [1.54, 1.807) is 38.1 Å². The molecule has 0 unspecified atom stereocenters. The second-order valence-corrected chi connectivity index (χ2v) is 5.69. The second kappa shape index (κ2) is 8.79. The lowest BCUT2D eigenvalue weighted by Gasteiger charge is -2.16. The number of carbonyl (C=O) groups excluding carboxylic acids is 2. The maximum atomic E-state index is 12.4. The molecule has 0 spiro atoms. The monoisotopic (exact) mass is 372 g/mol. The van der Waals surface area contributed by atoms with E-state index in [2.05, 4.69) is 5.32 Å². The van der Waals surface area contributed by atoms with Crippen LogP contribution in [0.3, 0.4) is 0 Å². The van der Waals surface area contributed by atoms with Gasteiger partial charge in [-0.05, 0) is 37.3 Å². The maximum absolute atomic E-state index is 12.4.